The molecule has 0 saturated carbocycles. The molecule has 7 nitrogen and oxygen atoms in total. The second-order valence-electron chi connectivity index (χ2n) is 7.15. The number of thioether (sulfide) groups is 1. The van der Waals surface area contributed by atoms with Gasteiger partial charge in [-0.1, -0.05) is 18.2 Å². The molecule has 0 bridgehead atoms. The Bertz CT molecular complexity index is 1090. The summed E-state index contributed by atoms with van der Waals surface area (Å²) in [6.07, 6.45) is 3.52. The second-order valence-corrected chi connectivity index (χ2v) is 9.24. The molecule has 1 aliphatic rings. The third-order valence-corrected chi connectivity index (χ3v) is 6.90. The highest BCUT2D eigenvalue weighted by molar-refractivity contribution is 7.98. The number of aryl methyl sites for hydroxylation is 1. The Hall–Kier alpha value is -2.62. The molecule has 0 spiro atoms. The molecule has 0 atom stereocenters. The predicted molar refractivity (Wildman–Crippen MR) is 125 cm³/mol. The minimum absolute atomic E-state index is 0.0207. The maximum Gasteiger partial charge on any atom is 0.356 e. The number of likely N-dealkylation sites (N-methyl/N-ethyl adjacent to an activating group) is 1. The van der Waals surface area contributed by atoms with E-state index >= 15 is 0 Å². The van der Waals surface area contributed by atoms with Crippen LogP contribution >= 0.6 is 23.7 Å². The SMILES string of the molecule is CSc1cc2c(cc1OCc1c(C(=O)O)ncn1C)SN(C)CCN2c1ccccc1. The topological polar surface area (TPSA) is 70.8 Å². The van der Waals surface area contributed by atoms with Gasteiger partial charge in [0.05, 0.1) is 27.5 Å². The van der Waals surface area contributed by atoms with E-state index in [1.165, 1.54) is 6.33 Å². The fourth-order valence-electron chi connectivity index (χ4n) is 3.49. The minimum Gasteiger partial charge on any atom is -0.486 e. The predicted octanol–water partition coefficient (Wildman–Crippen LogP) is 4.51. The monoisotopic (exact) mass is 456 g/mol. The van der Waals surface area contributed by atoms with E-state index in [0.29, 0.717) is 5.69 Å². The Morgan fingerprint density at radius 2 is 2.00 bits per heavy atom. The Morgan fingerprint density at radius 1 is 1.23 bits per heavy atom. The Kier molecular flexibility index (Phi) is 6.45. The number of hydrogen-bond acceptors (Lipinski definition) is 7. The molecule has 1 N–H and O–H groups in total. The lowest BCUT2D eigenvalue weighted by Gasteiger charge is -2.25. The van der Waals surface area contributed by atoms with Crippen LogP contribution < -0.4 is 9.64 Å². The summed E-state index contributed by atoms with van der Waals surface area (Å²) < 4.78 is 10.0. The van der Waals surface area contributed by atoms with Crippen LogP contribution in [-0.2, 0) is 13.7 Å². The lowest BCUT2D eigenvalue weighted by Crippen LogP contribution is -2.24. The Labute approximate surface area is 190 Å². The van der Waals surface area contributed by atoms with Gasteiger partial charge in [0, 0.05) is 25.8 Å². The number of imidazole rings is 1. The van der Waals surface area contributed by atoms with E-state index in [0.717, 1.165) is 40.0 Å². The van der Waals surface area contributed by atoms with Crippen molar-refractivity contribution in [3.05, 3.63) is 60.2 Å². The second kappa shape index (κ2) is 9.25. The average Bonchev–Trinajstić information content (AvgIpc) is 3.05. The summed E-state index contributed by atoms with van der Waals surface area (Å²) in [6.45, 7) is 1.93. The van der Waals surface area contributed by atoms with Crippen molar-refractivity contribution in [2.75, 3.05) is 31.3 Å². The van der Waals surface area contributed by atoms with Crippen LogP contribution in [0, 0.1) is 0 Å². The summed E-state index contributed by atoms with van der Waals surface area (Å²) in [5.41, 5.74) is 2.85. The first-order valence-electron chi connectivity index (χ1n) is 9.78. The summed E-state index contributed by atoms with van der Waals surface area (Å²) in [5.74, 6) is -0.318. The molecular formula is C22H24N4O3S2. The van der Waals surface area contributed by atoms with Crippen LogP contribution in [0.1, 0.15) is 16.2 Å². The molecule has 0 saturated heterocycles. The molecule has 0 radical (unpaired) electrons. The number of hydrogen-bond donors (Lipinski definition) is 1. The Balaban J connectivity index is 1.70. The first kappa shape index (κ1) is 21.6. The average molecular weight is 457 g/mol. The van der Waals surface area contributed by atoms with Gasteiger partial charge in [0.1, 0.15) is 12.4 Å². The van der Waals surface area contributed by atoms with Crippen LogP contribution in [0.2, 0.25) is 0 Å². The number of anilines is 2. The first-order valence-corrected chi connectivity index (χ1v) is 11.8. The van der Waals surface area contributed by atoms with Gasteiger partial charge in [0.2, 0.25) is 0 Å². The number of ether oxygens (including phenoxy) is 1. The fourth-order valence-corrected chi connectivity index (χ4v) is 4.97. The van der Waals surface area contributed by atoms with E-state index in [9.17, 15) is 9.90 Å². The normalized spacial score (nSPS) is 14.2. The standard InChI is InChI=1S/C22H24N4O3S2/c1-24-14-23-21(22(27)28)17(24)13-29-18-12-19-16(11-20(18)30-3)26(10-9-25(2)31-19)15-7-5-4-6-8-15/h4-8,11-12,14H,9-10,13H2,1-3H3,(H,27,28). The van der Waals surface area contributed by atoms with E-state index in [-0.39, 0.29) is 12.3 Å². The quantitative estimate of drug-likeness (QED) is 0.429. The van der Waals surface area contributed by atoms with E-state index in [1.807, 2.05) is 12.3 Å². The number of carbonyl (C=O) groups is 1. The van der Waals surface area contributed by atoms with Gasteiger partial charge in [0.25, 0.3) is 0 Å². The largest absolute Gasteiger partial charge is 0.486 e. The molecule has 0 unspecified atom stereocenters. The van der Waals surface area contributed by atoms with Crippen LogP contribution in [0.5, 0.6) is 5.75 Å². The first-order chi connectivity index (χ1) is 15.0. The Morgan fingerprint density at radius 3 is 2.71 bits per heavy atom. The highest BCUT2D eigenvalue weighted by Gasteiger charge is 2.23. The van der Waals surface area contributed by atoms with Gasteiger partial charge in [-0.25, -0.2) is 14.1 Å². The van der Waals surface area contributed by atoms with Crippen LogP contribution in [0.25, 0.3) is 0 Å². The summed E-state index contributed by atoms with van der Waals surface area (Å²) in [5, 5.41) is 9.38. The van der Waals surface area contributed by atoms with Gasteiger partial charge in [-0.05, 0) is 49.5 Å². The van der Waals surface area contributed by atoms with Gasteiger partial charge in [0.15, 0.2) is 5.69 Å². The van der Waals surface area contributed by atoms with Gasteiger partial charge >= 0.3 is 5.97 Å². The number of nitrogens with zero attached hydrogens (tertiary/aromatic N) is 4. The van der Waals surface area contributed by atoms with E-state index in [2.05, 4.69) is 57.6 Å². The zero-order chi connectivity index (χ0) is 22.0. The molecule has 1 aromatic heterocycles. The molecular weight excluding hydrogens is 432 g/mol. The van der Waals surface area contributed by atoms with Crippen LogP contribution in [0.3, 0.4) is 0 Å². The maximum absolute atomic E-state index is 11.5. The number of carboxylic acid groups (broad SMARTS) is 1. The molecule has 2 heterocycles. The van der Waals surface area contributed by atoms with Crippen molar-refractivity contribution >= 4 is 41.1 Å². The highest BCUT2D eigenvalue weighted by atomic mass is 32.2. The molecule has 3 aromatic rings. The zero-order valence-corrected chi connectivity index (χ0v) is 19.2. The van der Waals surface area contributed by atoms with Crippen LogP contribution in [-0.4, -0.2) is 51.3 Å². The van der Waals surface area contributed by atoms with E-state index < -0.39 is 5.97 Å². The lowest BCUT2D eigenvalue weighted by atomic mass is 10.2. The van der Waals surface area contributed by atoms with Crippen molar-refractivity contribution in [1.29, 1.82) is 0 Å². The van der Waals surface area contributed by atoms with E-state index in [4.69, 9.17) is 4.74 Å². The van der Waals surface area contributed by atoms with Gasteiger partial charge in [-0.3, -0.25) is 0 Å². The fraction of sp³-hybridized carbons (Fsp3) is 0.273. The summed E-state index contributed by atoms with van der Waals surface area (Å²) in [4.78, 5) is 19.9. The van der Waals surface area contributed by atoms with Crippen molar-refractivity contribution in [3.8, 4) is 5.75 Å². The maximum atomic E-state index is 11.5. The molecule has 0 aliphatic carbocycles. The zero-order valence-electron chi connectivity index (χ0n) is 17.6. The number of benzene rings is 2. The molecule has 0 fully saturated rings. The molecule has 9 heteroatoms. The minimum atomic E-state index is -1.05. The molecule has 1 aliphatic heterocycles. The molecule has 162 valence electrons. The lowest BCUT2D eigenvalue weighted by molar-refractivity contribution is 0.0687. The molecule has 4 rings (SSSR count). The number of aromatic carboxylic acids is 1. The summed E-state index contributed by atoms with van der Waals surface area (Å²) in [7, 11) is 3.86. The van der Waals surface area contributed by atoms with Crippen LogP contribution in [0.4, 0.5) is 11.4 Å². The number of fused-ring (bicyclic) bond motifs is 1. The van der Waals surface area contributed by atoms with Crippen molar-refractivity contribution in [1.82, 2.24) is 13.9 Å². The van der Waals surface area contributed by atoms with Gasteiger partial charge in [-0.15, -0.1) is 11.8 Å². The van der Waals surface area contributed by atoms with Crippen molar-refractivity contribution in [2.45, 2.75) is 16.4 Å². The van der Waals surface area contributed by atoms with Crippen molar-refractivity contribution in [3.63, 3.8) is 0 Å². The van der Waals surface area contributed by atoms with Gasteiger partial charge in [-0.2, -0.15) is 0 Å². The van der Waals surface area contributed by atoms with E-state index in [1.54, 1.807) is 35.3 Å². The molecule has 31 heavy (non-hydrogen) atoms. The van der Waals surface area contributed by atoms with Gasteiger partial charge < -0.3 is 19.3 Å². The smallest absolute Gasteiger partial charge is 0.356 e. The van der Waals surface area contributed by atoms with Crippen molar-refractivity contribution in [2.24, 2.45) is 7.05 Å². The number of carboxylic acids is 1. The number of para-hydroxylation sites is 1. The number of aromatic nitrogens is 2. The summed E-state index contributed by atoms with van der Waals surface area (Å²) in [6, 6.07) is 14.6. The number of rotatable bonds is 6. The van der Waals surface area contributed by atoms with Crippen LogP contribution in [0.15, 0.2) is 58.6 Å². The summed E-state index contributed by atoms with van der Waals surface area (Å²) >= 11 is 3.30. The third-order valence-electron chi connectivity index (χ3n) is 5.12. The highest BCUT2D eigenvalue weighted by Crippen LogP contribution is 2.44. The van der Waals surface area contributed by atoms with Crippen molar-refractivity contribution < 1.29 is 14.6 Å². The molecule has 0 amide bonds. The third kappa shape index (κ3) is 4.53. The molecule has 2 aromatic carbocycles.